The Morgan fingerprint density at radius 2 is 1.67 bits per heavy atom. The highest BCUT2D eigenvalue weighted by atomic mass is 15.0. The van der Waals surface area contributed by atoms with Gasteiger partial charge < -0.3 is 5.32 Å². The van der Waals surface area contributed by atoms with Crippen LogP contribution in [0.4, 0.5) is 0 Å². The van der Waals surface area contributed by atoms with Gasteiger partial charge in [-0.25, -0.2) is 0 Å². The molecule has 0 amide bonds. The monoisotopic (exact) mass is 243 g/mol. The van der Waals surface area contributed by atoms with Crippen molar-refractivity contribution in [2.45, 2.75) is 51.4 Å². The van der Waals surface area contributed by atoms with Crippen LogP contribution in [-0.2, 0) is 0 Å². The lowest BCUT2D eigenvalue weighted by Gasteiger charge is -2.47. The van der Waals surface area contributed by atoms with E-state index in [1.807, 2.05) is 0 Å². The zero-order valence-corrected chi connectivity index (χ0v) is 11.7. The van der Waals surface area contributed by atoms with Gasteiger partial charge in [0.05, 0.1) is 0 Å². The molecule has 0 unspecified atom stereocenters. The first-order chi connectivity index (χ1) is 8.69. The van der Waals surface area contributed by atoms with E-state index >= 15 is 0 Å². The molecule has 0 atom stereocenters. The van der Waals surface area contributed by atoms with E-state index in [2.05, 4.69) is 43.4 Å². The molecule has 98 valence electrons. The van der Waals surface area contributed by atoms with Gasteiger partial charge >= 0.3 is 0 Å². The molecule has 1 aromatic carbocycles. The maximum Gasteiger partial charge on any atom is 0.00202 e. The lowest BCUT2D eigenvalue weighted by atomic mass is 9.66. The molecule has 0 aromatic heterocycles. The second-order valence-corrected chi connectivity index (χ2v) is 6.70. The second kappa shape index (κ2) is 4.70. The highest BCUT2D eigenvalue weighted by molar-refractivity contribution is 5.27. The third-order valence-electron chi connectivity index (χ3n) is 5.12. The highest BCUT2D eigenvalue weighted by Crippen LogP contribution is 2.45. The predicted molar refractivity (Wildman–Crippen MR) is 77.0 cm³/mol. The summed E-state index contributed by atoms with van der Waals surface area (Å²) in [6.07, 6.45) is 5.64. The standard InChI is InChI=1S/C17H25N/c1-13(2)14-3-5-15(6-4-14)16-7-9-17(10-8-16)11-18-12-17/h3-6,13,16,18H,7-12H2,1-2H3. The van der Waals surface area contributed by atoms with Crippen molar-refractivity contribution >= 4 is 0 Å². The van der Waals surface area contributed by atoms with Crippen molar-refractivity contribution in [2.24, 2.45) is 5.41 Å². The van der Waals surface area contributed by atoms with E-state index in [1.165, 1.54) is 44.3 Å². The molecule has 18 heavy (non-hydrogen) atoms. The van der Waals surface area contributed by atoms with Crippen LogP contribution in [0.25, 0.3) is 0 Å². The van der Waals surface area contributed by atoms with Crippen LogP contribution >= 0.6 is 0 Å². The number of nitrogens with one attached hydrogen (secondary N) is 1. The molecule has 1 spiro atoms. The first-order valence-corrected chi connectivity index (χ1v) is 7.49. The van der Waals surface area contributed by atoms with Crippen molar-refractivity contribution in [2.75, 3.05) is 13.1 Å². The molecule has 1 heteroatoms. The summed E-state index contributed by atoms with van der Waals surface area (Å²) in [5.74, 6) is 1.46. The average molecular weight is 243 g/mol. The van der Waals surface area contributed by atoms with Crippen molar-refractivity contribution in [3.8, 4) is 0 Å². The first kappa shape index (κ1) is 12.2. The minimum atomic E-state index is 0.648. The molecule has 0 radical (unpaired) electrons. The lowest BCUT2D eigenvalue weighted by molar-refractivity contribution is 0.0975. The van der Waals surface area contributed by atoms with Crippen LogP contribution in [0.3, 0.4) is 0 Å². The summed E-state index contributed by atoms with van der Waals surface area (Å²) in [4.78, 5) is 0. The summed E-state index contributed by atoms with van der Waals surface area (Å²) in [5.41, 5.74) is 3.73. The number of rotatable bonds is 2. The first-order valence-electron chi connectivity index (χ1n) is 7.49. The van der Waals surface area contributed by atoms with E-state index in [1.54, 1.807) is 5.56 Å². The Kier molecular flexibility index (Phi) is 3.19. The van der Waals surface area contributed by atoms with Gasteiger partial charge in [0.15, 0.2) is 0 Å². The molecule has 1 nitrogen and oxygen atoms in total. The van der Waals surface area contributed by atoms with Gasteiger partial charge in [0.25, 0.3) is 0 Å². The summed E-state index contributed by atoms with van der Waals surface area (Å²) >= 11 is 0. The van der Waals surface area contributed by atoms with Gasteiger partial charge in [-0.15, -0.1) is 0 Å². The fraction of sp³-hybridized carbons (Fsp3) is 0.647. The lowest BCUT2D eigenvalue weighted by Crippen LogP contribution is -2.54. The van der Waals surface area contributed by atoms with Crippen LogP contribution in [0.5, 0.6) is 0 Å². The van der Waals surface area contributed by atoms with E-state index in [0.717, 1.165) is 5.92 Å². The summed E-state index contributed by atoms with van der Waals surface area (Å²) in [7, 11) is 0. The molecule has 1 aromatic rings. The highest BCUT2D eigenvalue weighted by Gasteiger charge is 2.40. The van der Waals surface area contributed by atoms with Crippen molar-refractivity contribution in [1.82, 2.24) is 5.32 Å². The van der Waals surface area contributed by atoms with Crippen LogP contribution < -0.4 is 5.32 Å². The van der Waals surface area contributed by atoms with Crippen molar-refractivity contribution in [3.63, 3.8) is 0 Å². The summed E-state index contributed by atoms with van der Waals surface area (Å²) in [6.45, 7) is 7.07. The Balaban J connectivity index is 1.65. The third kappa shape index (κ3) is 2.21. The van der Waals surface area contributed by atoms with Gasteiger partial charge in [-0.05, 0) is 54.1 Å². The molecule has 1 N–H and O–H groups in total. The molecule has 0 bridgehead atoms. The number of hydrogen-bond acceptors (Lipinski definition) is 1. The van der Waals surface area contributed by atoms with E-state index in [9.17, 15) is 0 Å². The molecular formula is C17H25N. The Labute approximate surface area is 111 Å². The van der Waals surface area contributed by atoms with Gasteiger partial charge in [0.2, 0.25) is 0 Å². The third-order valence-corrected chi connectivity index (χ3v) is 5.12. The normalized spacial score (nSPS) is 23.3. The molecule has 1 saturated heterocycles. The van der Waals surface area contributed by atoms with Gasteiger partial charge in [0, 0.05) is 13.1 Å². The van der Waals surface area contributed by atoms with E-state index < -0.39 is 0 Å². The molecule has 1 aliphatic heterocycles. The molecular weight excluding hydrogens is 218 g/mol. The van der Waals surface area contributed by atoms with Crippen LogP contribution in [0.1, 0.15) is 62.5 Å². The Morgan fingerprint density at radius 3 is 2.11 bits per heavy atom. The molecule has 3 rings (SSSR count). The van der Waals surface area contributed by atoms with Crippen molar-refractivity contribution in [1.29, 1.82) is 0 Å². The van der Waals surface area contributed by atoms with Crippen molar-refractivity contribution < 1.29 is 0 Å². The SMILES string of the molecule is CC(C)c1ccc(C2CCC3(CC2)CNC3)cc1. The summed E-state index contributed by atoms with van der Waals surface area (Å²) < 4.78 is 0. The minimum absolute atomic E-state index is 0.648. The van der Waals surface area contributed by atoms with Gasteiger partial charge in [0.1, 0.15) is 0 Å². The smallest absolute Gasteiger partial charge is 0.00202 e. The predicted octanol–water partition coefficient (Wildman–Crippen LogP) is 4.06. The van der Waals surface area contributed by atoms with Crippen LogP contribution in [-0.4, -0.2) is 13.1 Å². The molecule has 1 heterocycles. The summed E-state index contributed by atoms with van der Waals surface area (Å²) in [5, 5.41) is 3.45. The van der Waals surface area contributed by atoms with E-state index in [4.69, 9.17) is 0 Å². The Morgan fingerprint density at radius 1 is 1.06 bits per heavy atom. The fourth-order valence-corrected chi connectivity index (χ4v) is 3.55. The molecule has 2 fully saturated rings. The van der Waals surface area contributed by atoms with E-state index in [-0.39, 0.29) is 0 Å². The number of benzene rings is 1. The molecule has 1 saturated carbocycles. The quantitative estimate of drug-likeness (QED) is 0.826. The minimum Gasteiger partial charge on any atom is -0.316 e. The molecule has 2 aliphatic rings. The van der Waals surface area contributed by atoms with Crippen molar-refractivity contribution in [3.05, 3.63) is 35.4 Å². The largest absolute Gasteiger partial charge is 0.316 e. The maximum atomic E-state index is 3.45. The maximum absolute atomic E-state index is 3.45. The topological polar surface area (TPSA) is 12.0 Å². The summed E-state index contributed by atoms with van der Waals surface area (Å²) in [6, 6.07) is 9.40. The number of hydrogen-bond donors (Lipinski definition) is 1. The van der Waals surface area contributed by atoms with E-state index in [0.29, 0.717) is 11.3 Å². The zero-order chi connectivity index (χ0) is 12.6. The van der Waals surface area contributed by atoms with Gasteiger partial charge in [-0.3, -0.25) is 0 Å². The van der Waals surface area contributed by atoms with Crippen LogP contribution in [0.15, 0.2) is 24.3 Å². The fourth-order valence-electron chi connectivity index (χ4n) is 3.55. The Hall–Kier alpha value is -0.820. The van der Waals surface area contributed by atoms with Crippen LogP contribution in [0, 0.1) is 5.41 Å². The van der Waals surface area contributed by atoms with Gasteiger partial charge in [-0.2, -0.15) is 0 Å². The molecule has 1 aliphatic carbocycles. The van der Waals surface area contributed by atoms with Gasteiger partial charge in [-0.1, -0.05) is 38.1 Å². The Bertz CT molecular complexity index is 390. The zero-order valence-electron chi connectivity index (χ0n) is 11.7. The average Bonchev–Trinajstić information content (AvgIpc) is 2.37. The van der Waals surface area contributed by atoms with Crippen LogP contribution in [0.2, 0.25) is 0 Å². The second-order valence-electron chi connectivity index (χ2n) is 6.70.